The summed E-state index contributed by atoms with van der Waals surface area (Å²) in [6, 6.07) is 6.96. The lowest BCUT2D eigenvalue weighted by atomic mass is 10.00. The third-order valence-corrected chi connectivity index (χ3v) is 5.73. The second-order valence-electron chi connectivity index (χ2n) is 8.22. The van der Waals surface area contributed by atoms with Gasteiger partial charge < -0.3 is 34.5 Å². The molecule has 1 amide bonds. The summed E-state index contributed by atoms with van der Waals surface area (Å²) in [5.74, 6) is 2.08. The van der Waals surface area contributed by atoms with Gasteiger partial charge in [0.2, 0.25) is 11.7 Å². The van der Waals surface area contributed by atoms with Gasteiger partial charge in [0.25, 0.3) is 0 Å². The van der Waals surface area contributed by atoms with Crippen molar-refractivity contribution in [3.8, 4) is 45.4 Å². The van der Waals surface area contributed by atoms with E-state index < -0.39 is 5.38 Å². The number of methoxy groups -OCH3 is 4. The zero-order chi connectivity index (χ0) is 25.7. The number of rotatable bonds is 10. The number of nitrogens with two attached hydrogens (primary N) is 1. The predicted molar refractivity (Wildman–Crippen MR) is 136 cm³/mol. The zero-order valence-electron chi connectivity index (χ0n) is 20.6. The Morgan fingerprint density at radius 2 is 1.63 bits per heavy atom. The van der Waals surface area contributed by atoms with Crippen molar-refractivity contribution in [2.24, 2.45) is 5.92 Å². The minimum atomic E-state index is -0.699. The summed E-state index contributed by atoms with van der Waals surface area (Å²) >= 11 is 6.29. The number of carbonyl (C=O) groups excluding carboxylic acids is 1. The van der Waals surface area contributed by atoms with E-state index in [0.717, 1.165) is 0 Å². The van der Waals surface area contributed by atoms with Crippen LogP contribution in [-0.2, 0) is 4.79 Å². The number of nitrogen functional groups attached to an aromatic ring is 1. The van der Waals surface area contributed by atoms with Gasteiger partial charge in [-0.1, -0.05) is 19.0 Å². The molecule has 3 rings (SSSR count). The molecule has 1 heterocycles. The van der Waals surface area contributed by atoms with Gasteiger partial charge in [-0.2, -0.15) is 0 Å². The van der Waals surface area contributed by atoms with E-state index in [1.807, 2.05) is 13.8 Å². The van der Waals surface area contributed by atoms with E-state index in [1.54, 1.807) is 30.5 Å². The quantitative estimate of drug-likeness (QED) is 0.285. The molecular formula is C25H30ClN3O6. The monoisotopic (exact) mass is 503 g/mol. The predicted octanol–water partition coefficient (Wildman–Crippen LogP) is 5.22. The van der Waals surface area contributed by atoms with Crippen molar-refractivity contribution in [2.45, 2.75) is 25.6 Å². The van der Waals surface area contributed by atoms with E-state index in [9.17, 15) is 4.79 Å². The molecule has 0 aliphatic rings. The molecule has 0 saturated carbocycles. The van der Waals surface area contributed by atoms with E-state index in [2.05, 4.69) is 10.5 Å². The van der Waals surface area contributed by atoms with Crippen molar-refractivity contribution < 1.29 is 28.3 Å². The highest BCUT2D eigenvalue weighted by Crippen LogP contribution is 2.45. The van der Waals surface area contributed by atoms with Gasteiger partial charge >= 0.3 is 0 Å². The molecule has 0 spiro atoms. The Hall–Kier alpha value is -3.59. The smallest absolute Gasteiger partial charge is 0.242 e. The molecule has 3 aromatic rings. The van der Waals surface area contributed by atoms with Crippen molar-refractivity contribution in [2.75, 3.05) is 39.5 Å². The van der Waals surface area contributed by atoms with Gasteiger partial charge in [0.15, 0.2) is 23.0 Å². The Balaban J connectivity index is 2.07. The SMILES string of the molecule is COc1cc(-c2oncc2-c2cc(N)c(OC)c(NC(=O)C(Cl)CC(C)C)c2)cc(OC)c1OC. The van der Waals surface area contributed by atoms with Crippen molar-refractivity contribution >= 4 is 28.9 Å². The molecule has 35 heavy (non-hydrogen) atoms. The number of aromatic nitrogens is 1. The first-order chi connectivity index (χ1) is 16.7. The van der Waals surface area contributed by atoms with Crippen molar-refractivity contribution in [3.05, 3.63) is 30.5 Å². The first kappa shape index (κ1) is 26.0. The van der Waals surface area contributed by atoms with Crippen LogP contribution in [0.1, 0.15) is 20.3 Å². The number of alkyl halides is 1. The second kappa shape index (κ2) is 11.2. The molecule has 1 aromatic heterocycles. The van der Waals surface area contributed by atoms with E-state index in [-0.39, 0.29) is 11.8 Å². The lowest BCUT2D eigenvalue weighted by Crippen LogP contribution is -2.25. The van der Waals surface area contributed by atoms with Crippen LogP contribution in [0.3, 0.4) is 0 Å². The maximum Gasteiger partial charge on any atom is 0.242 e. The number of carbonyl (C=O) groups is 1. The van der Waals surface area contributed by atoms with Gasteiger partial charge in [0.05, 0.1) is 46.0 Å². The molecule has 2 aromatic carbocycles. The summed E-state index contributed by atoms with van der Waals surface area (Å²) in [5, 5.41) is 6.12. The number of nitrogens with zero attached hydrogens (tertiary/aromatic N) is 1. The summed E-state index contributed by atoms with van der Waals surface area (Å²) < 4.78 is 27.4. The minimum Gasteiger partial charge on any atom is -0.493 e. The van der Waals surface area contributed by atoms with Gasteiger partial charge in [-0.15, -0.1) is 11.6 Å². The average molecular weight is 504 g/mol. The van der Waals surface area contributed by atoms with Crippen molar-refractivity contribution in [3.63, 3.8) is 0 Å². The molecule has 0 fully saturated rings. The van der Waals surface area contributed by atoms with Gasteiger partial charge in [-0.3, -0.25) is 4.79 Å². The fourth-order valence-electron chi connectivity index (χ4n) is 3.72. The van der Waals surface area contributed by atoms with Crippen LogP contribution in [-0.4, -0.2) is 44.9 Å². The van der Waals surface area contributed by atoms with Crippen LogP contribution in [0.4, 0.5) is 11.4 Å². The number of anilines is 2. The Kier molecular flexibility index (Phi) is 8.34. The molecule has 0 saturated heterocycles. The Bertz CT molecular complexity index is 1170. The van der Waals surface area contributed by atoms with E-state index in [1.165, 1.54) is 28.4 Å². The first-order valence-corrected chi connectivity index (χ1v) is 11.3. The standard InChI is InChI=1S/C25H30ClN3O6/c1-13(2)7-17(26)25(30)29-19-9-14(8-18(27)23(19)33-5)16-12-28-35-22(16)15-10-20(31-3)24(34-6)21(11-15)32-4/h8-13,17H,7,27H2,1-6H3,(H,29,30). The summed E-state index contributed by atoms with van der Waals surface area (Å²) in [5.41, 5.74) is 8.91. The zero-order valence-corrected chi connectivity index (χ0v) is 21.4. The van der Waals surface area contributed by atoms with Crippen molar-refractivity contribution in [1.82, 2.24) is 5.16 Å². The lowest BCUT2D eigenvalue weighted by Gasteiger charge is -2.17. The average Bonchev–Trinajstić information content (AvgIpc) is 3.32. The Morgan fingerprint density at radius 1 is 1.00 bits per heavy atom. The van der Waals surface area contributed by atoms with E-state index in [0.29, 0.717) is 63.2 Å². The highest BCUT2D eigenvalue weighted by atomic mass is 35.5. The van der Waals surface area contributed by atoms with Gasteiger partial charge in [0, 0.05) is 11.1 Å². The highest BCUT2D eigenvalue weighted by Gasteiger charge is 2.23. The first-order valence-electron chi connectivity index (χ1n) is 10.9. The van der Waals surface area contributed by atoms with Crippen LogP contribution in [0.25, 0.3) is 22.5 Å². The largest absolute Gasteiger partial charge is 0.493 e. The van der Waals surface area contributed by atoms with Crippen molar-refractivity contribution in [1.29, 1.82) is 0 Å². The summed E-state index contributed by atoms with van der Waals surface area (Å²) in [4.78, 5) is 12.7. The molecule has 0 aliphatic carbocycles. The molecular weight excluding hydrogens is 474 g/mol. The second-order valence-corrected chi connectivity index (χ2v) is 8.74. The summed E-state index contributed by atoms with van der Waals surface area (Å²) in [7, 11) is 6.08. The molecule has 1 atom stereocenters. The van der Waals surface area contributed by atoms with Gasteiger partial charge in [-0.05, 0) is 42.2 Å². The maximum atomic E-state index is 12.7. The molecule has 1 unspecified atom stereocenters. The van der Waals surface area contributed by atoms with E-state index >= 15 is 0 Å². The number of nitrogens with one attached hydrogen (secondary N) is 1. The third kappa shape index (κ3) is 5.57. The molecule has 3 N–H and O–H groups in total. The van der Waals surface area contributed by atoms with Gasteiger partial charge in [0.1, 0.15) is 5.38 Å². The van der Waals surface area contributed by atoms with Crippen LogP contribution >= 0.6 is 11.6 Å². The number of ether oxygens (including phenoxy) is 4. The molecule has 188 valence electrons. The van der Waals surface area contributed by atoms with Crippen LogP contribution in [0.2, 0.25) is 0 Å². The molecule has 10 heteroatoms. The molecule has 0 radical (unpaired) electrons. The third-order valence-electron chi connectivity index (χ3n) is 5.35. The number of amides is 1. The number of hydrogen-bond acceptors (Lipinski definition) is 8. The van der Waals surface area contributed by atoms with E-state index in [4.69, 9.17) is 40.8 Å². The fraction of sp³-hybridized carbons (Fsp3) is 0.360. The molecule has 9 nitrogen and oxygen atoms in total. The van der Waals surface area contributed by atoms with Crippen LogP contribution in [0, 0.1) is 5.92 Å². The summed E-state index contributed by atoms with van der Waals surface area (Å²) in [6.45, 7) is 4.00. The minimum absolute atomic E-state index is 0.264. The number of hydrogen-bond donors (Lipinski definition) is 2. The lowest BCUT2D eigenvalue weighted by molar-refractivity contribution is -0.116. The van der Waals surface area contributed by atoms with Gasteiger partial charge in [-0.25, -0.2) is 0 Å². The molecule has 0 bridgehead atoms. The Labute approximate surface area is 209 Å². The topological polar surface area (TPSA) is 118 Å². The number of halogens is 1. The highest BCUT2D eigenvalue weighted by molar-refractivity contribution is 6.32. The Morgan fingerprint density at radius 3 is 2.17 bits per heavy atom. The fourth-order valence-corrected chi connectivity index (χ4v) is 4.14. The van der Waals surface area contributed by atoms with Crippen LogP contribution in [0.15, 0.2) is 35.0 Å². The maximum absolute atomic E-state index is 12.7. The normalized spacial score (nSPS) is 11.8. The van der Waals surface area contributed by atoms with Crippen LogP contribution < -0.4 is 30.0 Å². The van der Waals surface area contributed by atoms with Crippen LogP contribution in [0.5, 0.6) is 23.0 Å². The number of benzene rings is 2. The summed E-state index contributed by atoms with van der Waals surface area (Å²) in [6.07, 6.45) is 2.09. The molecule has 0 aliphatic heterocycles.